The van der Waals surface area contributed by atoms with Crippen molar-refractivity contribution in [1.82, 2.24) is 0 Å². The molecule has 10 heteroatoms. The summed E-state index contributed by atoms with van der Waals surface area (Å²) < 4.78 is 66.0. The Kier molecular flexibility index (Phi) is 5.15. The largest absolute Gasteiger partial charge is 0.326 e. The molecule has 0 bridgehead atoms. The Labute approximate surface area is 152 Å². The van der Waals surface area contributed by atoms with Crippen LogP contribution in [0.4, 0.5) is 24.5 Å². The Morgan fingerprint density at radius 2 is 1.81 bits per heavy atom. The molecule has 138 valence electrons. The van der Waals surface area contributed by atoms with Crippen LogP contribution >= 0.6 is 11.8 Å². The van der Waals surface area contributed by atoms with Crippen LogP contribution in [0.25, 0.3) is 0 Å². The molecular weight excluding hydrogens is 389 g/mol. The molecule has 0 spiro atoms. The molecule has 1 amide bonds. The van der Waals surface area contributed by atoms with Crippen molar-refractivity contribution >= 4 is 39.1 Å². The fraction of sp³-hybridized carbons (Fsp3) is 0.188. The molecule has 5 nitrogen and oxygen atoms in total. The van der Waals surface area contributed by atoms with Crippen molar-refractivity contribution in [1.29, 1.82) is 0 Å². The Balaban J connectivity index is 1.85. The molecular formula is C16H13F3N2O3S2. The third-order valence-corrected chi connectivity index (χ3v) is 5.79. The summed E-state index contributed by atoms with van der Waals surface area (Å²) in [4.78, 5) is 11.1. The van der Waals surface area contributed by atoms with Gasteiger partial charge < -0.3 is 5.32 Å². The van der Waals surface area contributed by atoms with Crippen molar-refractivity contribution in [2.24, 2.45) is 0 Å². The van der Waals surface area contributed by atoms with E-state index in [1.807, 2.05) is 0 Å². The van der Waals surface area contributed by atoms with E-state index < -0.39 is 26.5 Å². The number of halogens is 3. The smallest absolute Gasteiger partial charge is 0.288 e. The van der Waals surface area contributed by atoms with Gasteiger partial charge in [-0.15, -0.1) is 0 Å². The topological polar surface area (TPSA) is 75.3 Å². The van der Waals surface area contributed by atoms with Crippen LogP contribution in [0.2, 0.25) is 0 Å². The number of thioether (sulfide) groups is 1. The first kappa shape index (κ1) is 18.6. The first-order chi connectivity index (χ1) is 12.2. The van der Waals surface area contributed by atoms with E-state index >= 15 is 0 Å². The third-order valence-electron chi connectivity index (χ3n) is 3.67. The van der Waals surface area contributed by atoms with Crippen molar-refractivity contribution < 1.29 is 26.4 Å². The molecule has 0 saturated carbocycles. The van der Waals surface area contributed by atoms with Gasteiger partial charge in [0.2, 0.25) is 5.91 Å². The van der Waals surface area contributed by atoms with Crippen molar-refractivity contribution in [3.63, 3.8) is 0 Å². The zero-order valence-electron chi connectivity index (χ0n) is 13.1. The highest BCUT2D eigenvalue weighted by molar-refractivity contribution is 7.99. The van der Waals surface area contributed by atoms with E-state index in [2.05, 4.69) is 10.0 Å². The molecule has 0 fully saturated rings. The van der Waals surface area contributed by atoms with Gasteiger partial charge >= 0.3 is 0 Å². The molecule has 2 aromatic rings. The van der Waals surface area contributed by atoms with Crippen molar-refractivity contribution in [2.45, 2.75) is 28.4 Å². The SMILES string of the molecule is O=C1CCc2cc(S(=O)(=O)Nc3ccc(SC(F)F)cc3)c(F)cc2N1. The molecule has 2 N–H and O–H groups in total. The molecule has 1 aliphatic rings. The van der Waals surface area contributed by atoms with Crippen LogP contribution < -0.4 is 10.0 Å². The maximum absolute atomic E-state index is 14.3. The van der Waals surface area contributed by atoms with Crippen LogP contribution in [-0.4, -0.2) is 20.1 Å². The molecule has 1 aliphatic heterocycles. The number of fused-ring (bicyclic) bond motifs is 1. The van der Waals surface area contributed by atoms with Crippen LogP contribution in [0.3, 0.4) is 0 Å². The average Bonchev–Trinajstić information content (AvgIpc) is 2.55. The van der Waals surface area contributed by atoms with Gasteiger partial charge in [-0.1, -0.05) is 11.8 Å². The quantitative estimate of drug-likeness (QED) is 0.746. The first-order valence-corrected chi connectivity index (χ1v) is 9.81. The fourth-order valence-electron chi connectivity index (χ4n) is 2.50. The Bertz CT molecular complexity index is 948. The normalized spacial score (nSPS) is 14.1. The highest BCUT2D eigenvalue weighted by Gasteiger charge is 2.24. The highest BCUT2D eigenvalue weighted by atomic mass is 32.2. The molecule has 2 aromatic carbocycles. The van der Waals surface area contributed by atoms with E-state index in [1.54, 1.807) is 0 Å². The minimum Gasteiger partial charge on any atom is -0.326 e. The molecule has 0 aromatic heterocycles. The predicted molar refractivity (Wildman–Crippen MR) is 92.5 cm³/mol. The maximum Gasteiger partial charge on any atom is 0.288 e. The van der Waals surface area contributed by atoms with Gasteiger partial charge in [0.25, 0.3) is 15.8 Å². The predicted octanol–water partition coefficient (Wildman–Crippen LogP) is 3.83. The lowest BCUT2D eigenvalue weighted by molar-refractivity contribution is -0.116. The van der Waals surface area contributed by atoms with Crippen molar-refractivity contribution in [2.75, 3.05) is 10.0 Å². The number of nitrogens with one attached hydrogen (secondary N) is 2. The van der Waals surface area contributed by atoms with E-state index in [4.69, 9.17) is 0 Å². The monoisotopic (exact) mass is 402 g/mol. The number of carbonyl (C=O) groups excluding carboxylic acids is 1. The summed E-state index contributed by atoms with van der Waals surface area (Å²) in [6.45, 7) is 0. The molecule has 1 heterocycles. The van der Waals surface area contributed by atoms with Crippen LogP contribution in [0.15, 0.2) is 46.2 Å². The summed E-state index contributed by atoms with van der Waals surface area (Å²) in [5, 5.41) is 2.49. The summed E-state index contributed by atoms with van der Waals surface area (Å²) in [7, 11) is -4.22. The number of aryl methyl sites for hydroxylation is 1. The molecule has 0 radical (unpaired) electrons. The average molecular weight is 402 g/mol. The standard InChI is InChI=1S/C16H13F3N2O3S2/c17-12-8-13-9(1-6-15(22)20-13)7-14(12)26(23,24)21-10-2-4-11(5-3-10)25-16(18)19/h2-5,7-8,16,21H,1,6H2,(H,20,22). The number of hydrogen-bond acceptors (Lipinski definition) is 4. The Hall–Kier alpha value is -2.20. The highest BCUT2D eigenvalue weighted by Crippen LogP contribution is 2.30. The van der Waals surface area contributed by atoms with Crippen molar-refractivity contribution in [3.8, 4) is 0 Å². The number of benzene rings is 2. The van der Waals surface area contributed by atoms with Crippen molar-refractivity contribution in [3.05, 3.63) is 47.8 Å². The van der Waals surface area contributed by atoms with Crippen LogP contribution in [0.5, 0.6) is 0 Å². The van der Waals surface area contributed by atoms with E-state index in [-0.39, 0.29) is 28.6 Å². The van der Waals surface area contributed by atoms with Gasteiger partial charge in [0.1, 0.15) is 10.7 Å². The van der Waals surface area contributed by atoms with E-state index in [0.717, 1.165) is 6.07 Å². The summed E-state index contributed by atoms with van der Waals surface area (Å²) in [6.07, 6.45) is 0.498. The lowest BCUT2D eigenvalue weighted by Gasteiger charge is -2.18. The van der Waals surface area contributed by atoms with Gasteiger partial charge in [0, 0.05) is 22.7 Å². The first-order valence-electron chi connectivity index (χ1n) is 7.44. The number of amides is 1. The number of hydrogen-bond donors (Lipinski definition) is 2. The zero-order valence-corrected chi connectivity index (χ0v) is 14.8. The summed E-state index contributed by atoms with van der Waals surface area (Å²) >= 11 is 0.335. The fourth-order valence-corrected chi connectivity index (χ4v) is 4.17. The Morgan fingerprint density at radius 3 is 2.46 bits per heavy atom. The van der Waals surface area contributed by atoms with E-state index in [9.17, 15) is 26.4 Å². The number of rotatable bonds is 5. The lowest BCUT2D eigenvalue weighted by Crippen LogP contribution is -2.21. The number of sulfonamides is 1. The number of alkyl halides is 2. The van der Waals surface area contributed by atoms with Crippen LogP contribution in [0.1, 0.15) is 12.0 Å². The second-order valence-corrected chi connectivity index (χ2v) is 8.21. The molecule has 0 saturated heterocycles. The van der Waals surface area contributed by atoms with Gasteiger partial charge in [-0.05, 0) is 48.4 Å². The van der Waals surface area contributed by atoms with Gasteiger partial charge in [-0.2, -0.15) is 8.78 Å². The van der Waals surface area contributed by atoms with Gasteiger partial charge in [-0.25, -0.2) is 12.8 Å². The maximum atomic E-state index is 14.3. The number of carbonyl (C=O) groups is 1. The summed E-state index contributed by atoms with van der Waals surface area (Å²) in [5.41, 5.74) is 0.898. The molecule has 0 unspecified atom stereocenters. The third kappa shape index (κ3) is 4.13. The zero-order chi connectivity index (χ0) is 18.9. The lowest BCUT2D eigenvalue weighted by atomic mass is 10.0. The van der Waals surface area contributed by atoms with Gasteiger partial charge in [0.15, 0.2) is 0 Å². The minimum absolute atomic E-state index is 0.119. The Morgan fingerprint density at radius 1 is 1.12 bits per heavy atom. The minimum atomic E-state index is -4.22. The van der Waals surface area contributed by atoms with Gasteiger partial charge in [-0.3, -0.25) is 9.52 Å². The summed E-state index contributed by atoms with van der Waals surface area (Å²) in [5.74, 6) is -3.83. The van der Waals surface area contributed by atoms with Crippen LogP contribution in [-0.2, 0) is 21.2 Å². The summed E-state index contributed by atoms with van der Waals surface area (Å²) in [6, 6.07) is 7.48. The van der Waals surface area contributed by atoms with Crippen LogP contribution in [0, 0.1) is 5.82 Å². The molecule has 3 rings (SSSR count). The molecule has 0 aliphatic carbocycles. The van der Waals surface area contributed by atoms with E-state index in [1.165, 1.54) is 30.3 Å². The number of anilines is 2. The second-order valence-electron chi connectivity index (χ2n) is 5.50. The molecule has 26 heavy (non-hydrogen) atoms. The van der Waals surface area contributed by atoms with Gasteiger partial charge in [0.05, 0.1) is 0 Å². The molecule has 0 atom stereocenters. The second kappa shape index (κ2) is 7.20. The van der Waals surface area contributed by atoms with E-state index in [0.29, 0.717) is 23.7 Å².